The second kappa shape index (κ2) is 10.1. The fourth-order valence-electron chi connectivity index (χ4n) is 3.34. The average Bonchev–Trinajstić information content (AvgIpc) is 2.72. The molecular weight excluding hydrogens is 376 g/mol. The van der Waals surface area contributed by atoms with E-state index < -0.39 is 6.03 Å². The highest BCUT2D eigenvalue weighted by molar-refractivity contribution is 5.94. The van der Waals surface area contributed by atoms with Crippen molar-refractivity contribution in [1.82, 2.24) is 15.5 Å². The number of halogens is 1. The van der Waals surface area contributed by atoms with Crippen LogP contribution in [0.25, 0.3) is 0 Å². The van der Waals surface area contributed by atoms with Gasteiger partial charge in [-0.1, -0.05) is 43.3 Å². The maximum atomic E-state index is 13.1. The standard InChI is InChI=1S/C21H26N4O2.ClH/c1-2-15-3-7-17(8-4-15)19-14-23-11-12-25(19)20(26)18-9-5-16(6-10-18)13-24-21(22)27;/h3-10,19,23H,2,11-14H2,1H3,(H3,22,24,27);1H. The monoisotopic (exact) mass is 402 g/mol. The molecule has 0 bridgehead atoms. The van der Waals surface area contributed by atoms with E-state index in [2.05, 4.69) is 41.8 Å². The van der Waals surface area contributed by atoms with E-state index in [1.807, 2.05) is 17.0 Å². The van der Waals surface area contributed by atoms with Crippen LogP contribution in [0.5, 0.6) is 0 Å². The fourth-order valence-corrected chi connectivity index (χ4v) is 3.34. The van der Waals surface area contributed by atoms with Crippen LogP contribution in [-0.4, -0.2) is 36.5 Å². The number of carbonyl (C=O) groups excluding carboxylic acids is 2. The summed E-state index contributed by atoms with van der Waals surface area (Å²) >= 11 is 0. The third-order valence-electron chi connectivity index (χ3n) is 4.94. The molecule has 1 aliphatic rings. The third-order valence-corrected chi connectivity index (χ3v) is 4.94. The molecule has 0 aliphatic carbocycles. The Balaban J connectivity index is 0.00000280. The number of rotatable bonds is 5. The van der Waals surface area contributed by atoms with E-state index in [1.54, 1.807) is 12.1 Å². The second-order valence-corrected chi connectivity index (χ2v) is 6.73. The SMILES string of the molecule is CCc1ccc(C2CNCCN2C(=O)c2ccc(CNC(N)=O)cc2)cc1.Cl. The number of nitrogens with zero attached hydrogens (tertiary/aromatic N) is 1. The molecule has 1 atom stereocenters. The van der Waals surface area contributed by atoms with E-state index in [0.717, 1.165) is 30.6 Å². The van der Waals surface area contributed by atoms with Gasteiger partial charge in [0, 0.05) is 31.7 Å². The normalized spacial score (nSPS) is 16.2. The minimum absolute atomic E-state index is 0. The zero-order valence-corrected chi connectivity index (χ0v) is 16.8. The van der Waals surface area contributed by atoms with Crippen LogP contribution in [0.4, 0.5) is 4.79 Å². The molecule has 3 amide bonds. The number of carbonyl (C=O) groups is 2. The predicted molar refractivity (Wildman–Crippen MR) is 113 cm³/mol. The highest BCUT2D eigenvalue weighted by Crippen LogP contribution is 2.25. The van der Waals surface area contributed by atoms with Gasteiger partial charge in [-0.2, -0.15) is 0 Å². The van der Waals surface area contributed by atoms with E-state index in [4.69, 9.17) is 5.73 Å². The molecule has 2 aromatic carbocycles. The maximum Gasteiger partial charge on any atom is 0.312 e. The summed E-state index contributed by atoms with van der Waals surface area (Å²) in [7, 11) is 0. The molecule has 0 radical (unpaired) electrons. The van der Waals surface area contributed by atoms with Gasteiger partial charge in [0.1, 0.15) is 0 Å². The number of nitrogens with two attached hydrogens (primary N) is 1. The van der Waals surface area contributed by atoms with Gasteiger partial charge in [0.05, 0.1) is 6.04 Å². The number of nitrogens with one attached hydrogen (secondary N) is 2. The quantitative estimate of drug-likeness (QED) is 0.718. The number of urea groups is 1. The van der Waals surface area contributed by atoms with E-state index >= 15 is 0 Å². The van der Waals surface area contributed by atoms with Crippen molar-refractivity contribution in [2.24, 2.45) is 5.73 Å². The van der Waals surface area contributed by atoms with Crippen LogP contribution in [0.1, 0.15) is 40.0 Å². The summed E-state index contributed by atoms with van der Waals surface area (Å²) in [6.07, 6.45) is 1.00. The molecule has 1 saturated heterocycles. The van der Waals surface area contributed by atoms with Crippen LogP contribution in [0.15, 0.2) is 48.5 Å². The lowest BCUT2D eigenvalue weighted by Gasteiger charge is -2.36. The summed E-state index contributed by atoms with van der Waals surface area (Å²) in [4.78, 5) is 25.8. The third kappa shape index (κ3) is 5.24. The molecule has 0 saturated carbocycles. The van der Waals surface area contributed by atoms with Crippen molar-refractivity contribution < 1.29 is 9.59 Å². The molecule has 6 nitrogen and oxygen atoms in total. The second-order valence-electron chi connectivity index (χ2n) is 6.73. The first-order chi connectivity index (χ1) is 13.1. The Morgan fingerprint density at radius 1 is 1.11 bits per heavy atom. The molecule has 28 heavy (non-hydrogen) atoms. The smallest absolute Gasteiger partial charge is 0.312 e. The van der Waals surface area contributed by atoms with Gasteiger partial charge in [0.2, 0.25) is 0 Å². The van der Waals surface area contributed by atoms with Crippen LogP contribution in [0.2, 0.25) is 0 Å². The summed E-state index contributed by atoms with van der Waals surface area (Å²) in [5, 5.41) is 5.94. The van der Waals surface area contributed by atoms with Crippen LogP contribution in [0, 0.1) is 0 Å². The lowest BCUT2D eigenvalue weighted by Crippen LogP contribution is -2.48. The van der Waals surface area contributed by atoms with Gasteiger partial charge in [-0.25, -0.2) is 4.79 Å². The Bertz CT molecular complexity index is 793. The van der Waals surface area contributed by atoms with E-state index in [-0.39, 0.29) is 24.4 Å². The first-order valence-electron chi connectivity index (χ1n) is 9.31. The molecule has 7 heteroatoms. The fraction of sp³-hybridized carbons (Fsp3) is 0.333. The van der Waals surface area contributed by atoms with Crippen LogP contribution >= 0.6 is 12.4 Å². The van der Waals surface area contributed by atoms with Crippen LogP contribution in [-0.2, 0) is 13.0 Å². The highest BCUT2D eigenvalue weighted by Gasteiger charge is 2.28. The molecule has 1 fully saturated rings. The van der Waals surface area contributed by atoms with Crippen LogP contribution < -0.4 is 16.4 Å². The molecule has 3 rings (SSSR count). The topological polar surface area (TPSA) is 87.5 Å². The molecule has 1 unspecified atom stereocenters. The van der Waals surface area contributed by atoms with Crippen molar-refractivity contribution in [2.75, 3.05) is 19.6 Å². The molecule has 1 aliphatic heterocycles. The average molecular weight is 403 g/mol. The van der Waals surface area contributed by atoms with Gasteiger partial charge in [-0.15, -0.1) is 12.4 Å². The first kappa shape index (κ1) is 21.7. The zero-order valence-electron chi connectivity index (χ0n) is 16.0. The van der Waals surface area contributed by atoms with Gasteiger partial charge in [-0.05, 0) is 35.2 Å². The van der Waals surface area contributed by atoms with Crippen molar-refractivity contribution in [2.45, 2.75) is 25.9 Å². The number of amides is 3. The van der Waals surface area contributed by atoms with Gasteiger partial charge in [0.15, 0.2) is 0 Å². The molecular formula is C21H27ClN4O2. The summed E-state index contributed by atoms with van der Waals surface area (Å²) in [6.45, 7) is 4.69. The molecule has 0 spiro atoms. The summed E-state index contributed by atoms with van der Waals surface area (Å²) in [6, 6.07) is 15.3. The number of piperazine rings is 1. The van der Waals surface area contributed by atoms with Gasteiger partial charge >= 0.3 is 6.03 Å². The molecule has 4 N–H and O–H groups in total. The van der Waals surface area contributed by atoms with Crippen molar-refractivity contribution in [1.29, 1.82) is 0 Å². The van der Waals surface area contributed by atoms with Crippen molar-refractivity contribution in [3.8, 4) is 0 Å². The lowest BCUT2D eigenvalue weighted by atomic mass is 9.99. The lowest BCUT2D eigenvalue weighted by molar-refractivity contribution is 0.0634. The van der Waals surface area contributed by atoms with Crippen molar-refractivity contribution in [3.05, 3.63) is 70.8 Å². The molecule has 1 heterocycles. The number of benzene rings is 2. The van der Waals surface area contributed by atoms with Gasteiger partial charge < -0.3 is 21.3 Å². The van der Waals surface area contributed by atoms with E-state index in [0.29, 0.717) is 18.7 Å². The minimum atomic E-state index is -0.562. The first-order valence-corrected chi connectivity index (χ1v) is 9.31. The number of primary amides is 1. The van der Waals surface area contributed by atoms with Crippen LogP contribution in [0.3, 0.4) is 0 Å². The summed E-state index contributed by atoms with van der Waals surface area (Å²) in [5.41, 5.74) is 9.08. The van der Waals surface area contributed by atoms with E-state index in [1.165, 1.54) is 5.56 Å². The molecule has 0 aromatic heterocycles. The minimum Gasteiger partial charge on any atom is -0.352 e. The Hall–Kier alpha value is -2.57. The maximum absolute atomic E-state index is 13.1. The Kier molecular flexibility index (Phi) is 7.84. The predicted octanol–water partition coefficient (Wildman–Crippen LogP) is 2.63. The Labute approximate surface area is 171 Å². The highest BCUT2D eigenvalue weighted by atomic mass is 35.5. The summed E-state index contributed by atoms with van der Waals surface area (Å²) < 4.78 is 0. The molecule has 2 aromatic rings. The number of hydrogen-bond donors (Lipinski definition) is 3. The summed E-state index contributed by atoms with van der Waals surface area (Å²) in [5.74, 6) is 0.0236. The number of hydrogen-bond acceptors (Lipinski definition) is 3. The van der Waals surface area contributed by atoms with Crippen molar-refractivity contribution in [3.63, 3.8) is 0 Å². The largest absolute Gasteiger partial charge is 0.352 e. The molecule has 150 valence electrons. The Morgan fingerprint density at radius 2 is 1.75 bits per heavy atom. The van der Waals surface area contributed by atoms with Gasteiger partial charge in [0.25, 0.3) is 5.91 Å². The van der Waals surface area contributed by atoms with E-state index in [9.17, 15) is 9.59 Å². The zero-order chi connectivity index (χ0) is 19.2. The number of aryl methyl sites for hydroxylation is 1. The van der Waals surface area contributed by atoms with Gasteiger partial charge in [-0.3, -0.25) is 4.79 Å². The van der Waals surface area contributed by atoms with Crippen molar-refractivity contribution >= 4 is 24.3 Å². The Morgan fingerprint density at radius 3 is 2.36 bits per heavy atom.